The first-order chi connectivity index (χ1) is 6.79. The van der Waals surface area contributed by atoms with Gasteiger partial charge in [-0.3, -0.25) is 0 Å². The molecular formula is C11H19F3O. The Morgan fingerprint density at radius 2 is 1.73 bits per heavy atom. The van der Waals surface area contributed by atoms with Crippen LogP contribution in [0.3, 0.4) is 0 Å². The molecule has 1 rings (SSSR count). The molecule has 0 aromatic rings. The summed E-state index contributed by atoms with van der Waals surface area (Å²) in [5.41, 5.74) is -0.909. The Balaban J connectivity index is 2.11. The van der Waals surface area contributed by atoms with Gasteiger partial charge in [0.15, 0.2) is 0 Å². The van der Waals surface area contributed by atoms with Gasteiger partial charge in [-0.25, -0.2) is 0 Å². The molecule has 1 nitrogen and oxygen atoms in total. The van der Waals surface area contributed by atoms with Crippen molar-refractivity contribution in [1.82, 2.24) is 0 Å². The molecule has 1 aliphatic carbocycles. The van der Waals surface area contributed by atoms with Gasteiger partial charge >= 0.3 is 6.18 Å². The fourth-order valence-electron chi connectivity index (χ4n) is 1.72. The predicted molar refractivity (Wildman–Crippen MR) is 52.5 cm³/mol. The molecule has 0 amide bonds. The van der Waals surface area contributed by atoms with Crippen LogP contribution in [0.1, 0.15) is 51.9 Å². The highest BCUT2D eigenvalue weighted by Gasteiger charge is 2.30. The SMILES string of the molecule is CC(O)(CCCC(F)(F)F)CCC1CC1. The number of halogens is 3. The van der Waals surface area contributed by atoms with Crippen molar-refractivity contribution in [2.75, 3.05) is 0 Å². The summed E-state index contributed by atoms with van der Waals surface area (Å²) in [6, 6.07) is 0. The fourth-order valence-corrected chi connectivity index (χ4v) is 1.72. The molecule has 0 aliphatic heterocycles. The second kappa shape index (κ2) is 4.73. The highest BCUT2D eigenvalue weighted by molar-refractivity contribution is 4.79. The van der Waals surface area contributed by atoms with Crippen LogP contribution in [-0.2, 0) is 0 Å². The zero-order valence-corrected chi connectivity index (χ0v) is 9.11. The minimum Gasteiger partial charge on any atom is -0.390 e. The minimum absolute atomic E-state index is 0.0289. The zero-order valence-electron chi connectivity index (χ0n) is 9.11. The van der Waals surface area contributed by atoms with E-state index in [-0.39, 0.29) is 12.8 Å². The van der Waals surface area contributed by atoms with Crippen LogP contribution in [0.25, 0.3) is 0 Å². The van der Waals surface area contributed by atoms with Crippen LogP contribution in [-0.4, -0.2) is 16.9 Å². The quantitative estimate of drug-likeness (QED) is 0.730. The lowest BCUT2D eigenvalue weighted by molar-refractivity contribution is -0.137. The summed E-state index contributed by atoms with van der Waals surface area (Å²) in [4.78, 5) is 0. The molecule has 0 saturated heterocycles. The van der Waals surface area contributed by atoms with Crippen molar-refractivity contribution in [1.29, 1.82) is 0 Å². The van der Waals surface area contributed by atoms with Crippen molar-refractivity contribution in [3.05, 3.63) is 0 Å². The summed E-state index contributed by atoms with van der Waals surface area (Å²) >= 11 is 0. The number of hydrogen-bond acceptors (Lipinski definition) is 1. The third-order valence-corrected chi connectivity index (χ3v) is 2.96. The minimum atomic E-state index is -4.09. The first-order valence-corrected chi connectivity index (χ1v) is 5.58. The van der Waals surface area contributed by atoms with Crippen LogP contribution < -0.4 is 0 Å². The van der Waals surface area contributed by atoms with E-state index in [0.717, 1.165) is 12.3 Å². The molecule has 0 bridgehead atoms. The lowest BCUT2D eigenvalue weighted by Gasteiger charge is -2.23. The van der Waals surface area contributed by atoms with Crippen LogP contribution in [0.15, 0.2) is 0 Å². The molecular weight excluding hydrogens is 205 g/mol. The van der Waals surface area contributed by atoms with Crippen molar-refractivity contribution in [2.24, 2.45) is 5.92 Å². The van der Waals surface area contributed by atoms with Crippen molar-refractivity contribution < 1.29 is 18.3 Å². The Kier molecular flexibility index (Phi) is 4.04. The van der Waals surface area contributed by atoms with Gasteiger partial charge in [0, 0.05) is 6.42 Å². The monoisotopic (exact) mass is 224 g/mol. The molecule has 1 atom stereocenters. The summed E-state index contributed by atoms with van der Waals surface area (Å²) in [5, 5.41) is 9.82. The summed E-state index contributed by atoms with van der Waals surface area (Å²) in [5.74, 6) is 0.721. The second-order valence-corrected chi connectivity index (χ2v) is 4.95. The molecule has 0 aromatic carbocycles. The van der Waals surface area contributed by atoms with Crippen molar-refractivity contribution in [3.8, 4) is 0 Å². The number of aliphatic hydroxyl groups is 1. The first kappa shape index (κ1) is 12.8. The van der Waals surface area contributed by atoms with Gasteiger partial charge in [-0.1, -0.05) is 12.8 Å². The highest BCUT2D eigenvalue weighted by atomic mass is 19.4. The van der Waals surface area contributed by atoms with E-state index in [1.54, 1.807) is 6.92 Å². The van der Waals surface area contributed by atoms with Crippen LogP contribution in [0.5, 0.6) is 0 Å². The molecule has 15 heavy (non-hydrogen) atoms. The Morgan fingerprint density at radius 3 is 2.20 bits per heavy atom. The van der Waals surface area contributed by atoms with Crippen LogP contribution in [0.4, 0.5) is 13.2 Å². The molecule has 0 spiro atoms. The van der Waals surface area contributed by atoms with Crippen molar-refractivity contribution >= 4 is 0 Å². The average molecular weight is 224 g/mol. The number of alkyl halides is 3. The maximum atomic E-state index is 11.9. The average Bonchev–Trinajstić information content (AvgIpc) is 2.80. The molecule has 1 unspecified atom stereocenters. The molecule has 0 heterocycles. The molecule has 90 valence electrons. The maximum Gasteiger partial charge on any atom is 0.389 e. The van der Waals surface area contributed by atoms with E-state index in [2.05, 4.69) is 0 Å². The van der Waals surface area contributed by atoms with E-state index >= 15 is 0 Å². The molecule has 0 radical (unpaired) electrons. The summed E-state index contributed by atoms with van der Waals surface area (Å²) in [7, 11) is 0. The van der Waals surface area contributed by atoms with Gasteiger partial charge in [-0.05, 0) is 38.5 Å². The van der Waals surface area contributed by atoms with Gasteiger partial charge in [0.25, 0.3) is 0 Å². The number of hydrogen-bond donors (Lipinski definition) is 1. The van der Waals surface area contributed by atoms with Gasteiger partial charge in [0.05, 0.1) is 5.60 Å². The molecule has 4 heteroatoms. The Morgan fingerprint density at radius 1 is 1.13 bits per heavy atom. The second-order valence-electron chi connectivity index (χ2n) is 4.95. The van der Waals surface area contributed by atoms with Gasteiger partial charge in [-0.15, -0.1) is 0 Å². The molecule has 1 saturated carbocycles. The van der Waals surface area contributed by atoms with E-state index in [1.165, 1.54) is 12.8 Å². The van der Waals surface area contributed by atoms with Crippen molar-refractivity contribution in [2.45, 2.75) is 63.6 Å². The molecule has 1 fully saturated rings. The van der Waals surface area contributed by atoms with E-state index in [0.29, 0.717) is 6.42 Å². The standard InChI is InChI=1S/C11H19F3O/c1-10(15,8-5-9-3-4-9)6-2-7-11(12,13)14/h9,15H,2-8H2,1H3. The third kappa shape index (κ3) is 6.77. The Bertz CT molecular complexity index is 194. The Labute approximate surface area is 88.7 Å². The normalized spacial score (nSPS) is 21.4. The number of rotatable bonds is 6. The van der Waals surface area contributed by atoms with Crippen molar-refractivity contribution in [3.63, 3.8) is 0 Å². The largest absolute Gasteiger partial charge is 0.390 e. The summed E-state index contributed by atoms with van der Waals surface area (Å²) in [6.07, 6.45) is -0.564. The summed E-state index contributed by atoms with van der Waals surface area (Å²) < 4.78 is 35.6. The summed E-state index contributed by atoms with van der Waals surface area (Å²) in [6.45, 7) is 1.64. The topological polar surface area (TPSA) is 20.2 Å². The van der Waals surface area contributed by atoms with E-state index in [9.17, 15) is 18.3 Å². The first-order valence-electron chi connectivity index (χ1n) is 5.58. The van der Waals surface area contributed by atoms with Gasteiger partial charge in [-0.2, -0.15) is 13.2 Å². The lowest BCUT2D eigenvalue weighted by Crippen LogP contribution is -2.24. The van der Waals surface area contributed by atoms with E-state index in [4.69, 9.17) is 0 Å². The lowest BCUT2D eigenvalue weighted by atomic mass is 9.92. The molecule has 1 aliphatic rings. The van der Waals surface area contributed by atoms with Gasteiger partial charge < -0.3 is 5.11 Å². The van der Waals surface area contributed by atoms with Gasteiger partial charge in [0.2, 0.25) is 0 Å². The zero-order chi connectivity index (χ0) is 11.5. The van der Waals surface area contributed by atoms with Crippen LogP contribution >= 0.6 is 0 Å². The smallest absolute Gasteiger partial charge is 0.389 e. The third-order valence-electron chi connectivity index (χ3n) is 2.96. The van der Waals surface area contributed by atoms with Crippen LogP contribution in [0.2, 0.25) is 0 Å². The highest BCUT2D eigenvalue weighted by Crippen LogP contribution is 2.36. The van der Waals surface area contributed by atoms with Gasteiger partial charge in [0.1, 0.15) is 0 Å². The maximum absolute atomic E-state index is 11.9. The molecule has 1 N–H and O–H groups in total. The fraction of sp³-hybridized carbons (Fsp3) is 1.00. The Hall–Kier alpha value is -0.250. The molecule has 0 aromatic heterocycles. The van der Waals surface area contributed by atoms with E-state index < -0.39 is 18.2 Å². The predicted octanol–water partition coefficient (Wildman–Crippen LogP) is 3.66. The van der Waals surface area contributed by atoms with E-state index in [1.807, 2.05) is 0 Å². The van der Waals surface area contributed by atoms with Crippen LogP contribution in [0, 0.1) is 5.92 Å².